The van der Waals surface area contributed by atoms with Crippen LogP contribution in [0.25, 0.3) is 0 Å². The Kier molecular flexibility index (Phi) is 3.22. The standard InChI is InChI=1S/C9H16F3N/c1-6(7-2-3-7)8(13)4-5-9(10,11)12/h6-8H,2-5,13H2,1H3. The molecule has 2 unspecified atom stereocenters. The molecule has 0 radical (unpaired) electrons. The first-order valence-corrected chi connectivity index (χ1v) is 4.72. The van der Waals surface area contributed by atoms with Gasteiger partial charge in [0.2, 0.25) is 0 Å². The smallest absolute Gasteiger partial charge is 0.327 e. The molecule has 78 valence electrons. The van der Waals surface area contributed by atoms with E-state index in [2.05, 4.69) is 0 Å². The molecule has 1 fully saturated rings. The van der Waals surface area contributed by atoms with Gasteiger partial charge in [0, 0.05) is 12.5 Å². The van der Waals surface area contributed by atoms with E-state index in [-0.39, 0.29) is 18.4 Å². The Balaban J connectivity index is 2.20. The maximum atomic E-state index is 11.8. The fourth-order valence-corrected chi connectivity index (χ4v) is 1.56. The number of hydrogen-bond acceptors (Lipinski definition) is 1. The van der Waals surface area contributed by atoms with Crippen molar-refractivity contribution in [3.05, 3.63) is 0 Å². The van der Waals surface area contributed by atoms with E-state index in [1.807, 2.05) is 6.92 Å². The van der Waals surface area contributed by atoms with Gasteiger partial charge >= 0.3 is 6.18 Å². The average Bonchev–Trinajstić information content (AvgIpc) is 2.79. The van der Waals surface area contributed by atoms with Crippen molar-refractivity contribution in [2.45, 2.75) is 44.8 Å². The molecule has 0 saturated heterocycles. The lowest BCUT2D eigenvalue weighted by Gasteiger charge is -2.19. The molecule has 1 nitrogen and oxygen atoms in total. The van der Waals surface area contributed by atoms with Crippen molar-refractivity contribution in [3.8, 4) is 0 Å². The Hall–Kier alpha value is -0.250. The summed E-state index contributed by atoms with van der Waals surface area (Å²) in [6.45, 7) is 1.96. The summed E-state index contributed by atoms with van der Waals surface area (Å²) in [5, 5.41) is 0. The molecule has 0 amide bonds. The van der Waals surface area contributed by atoms with Crippen LogP contribution in [-0.2, 0) is 0 Å². The van der Waals surface area contributed by atoms with Gasteiger partial charge in [0.05, 0.1) is 0 Å². The van der Waals surface area contributed by atoms with Crippen molar-refractivity contribution in [2.24, 2.45) is 17.6 Å². The summed E-state index contributed by atoms with van der Waals surface area (Å²) < 4.78 is 35.5. The van der Waals surface area contributed by atoms with Gasteiger partial charge in [-0.05, 0) is 31.1 Å². The minimum atomic E-state index is -4.05. The van der Waals surface area contributed by atoms with Crippen LogP contribution < -0.4 is 5.73 Å². The van der Waals surface area contributed by atoms with E-state index in [0.717, 1.165) is 12.8 Å². The minimum Gasteiger partial charge on any atom is -0.327 e. The van der Waals surface area contributed by atoms with Crippen molar-refractivity contribution in [1.82, 2.24) is 0 Å². The number of halogens is 3. The van der Waals surface area contributed by atoms with Gasteiger partial charge in [0.15, 0.2) is 0 Å². The zero-order chi connectivity index (χ0) is 10.1. The highest BCUT2D eigenvalue weighted by molar-refractivity contribution is 4.85. The summed E-state index contributed by atoms with van der Waals surface area (Å²) in [4.78, 5) is 0. The van der Waals surface area contributed by atoms with Gasteiger partial charge in [0.25, 0.3) is 0 Å². The predicted molar refractivity (Wildman–Crippen MR) is 45.2 cm³/mol. The van der Waals surface area contributed by atoms with E-state index in [1.54, 1.807) is 0 Å². The second kappa shape index (κ2) is 3.86. The predicted octanol–water partition coefficient (Wildman–Crippen LogP) is 2.70. The van der Waals surface area contributed by atoms with Crippen LogP contribution in [0.3, 0.4) is 0 Å². The normalized spacial score (nSPS) is 22.8. The van der Waals surface area contributed by atoms with E-state index < -0.39 is 12.6 Å². The van der Waals surface area contributed by atoms with Gasteiger partial charge in [0.1, 0.15) is 0 Å². The molecule has 0 spiro atoms. The van der Waals surface area contributed by atoms with Gasteiger partial charge in [-0.15, -0.1) is 0 Å². The zero-order valence-corrected chi connectivity index (χ0v) is 7.77. The van der Waals surface area contributed by atoms with Gasteiger partial charge < -0.3 is 5.73 Å². The third-order valence-electron chi connectivity index (χ3n) is 2.80. The van der Waals surface area contributed by atoms with Crippen LogP contribution in [0.4, 0.5) is 13.2 Å². The molecule has 0 aliphatic heterocycles. The van der Waals surface area contributed by atoms with Crippen LogP contribution in [0.15, 0.2) is 0 Å². The summed E-state index contributed by atoms with van der Waals surface area (Å²) in [5.74, 6) is 0.839. The van der Waals surface area contributed by atoms with Crippen LogP contribution in [0.2, 0.25) is 0 Å². The average molecular weight is 195 g/mol. The minimum absolute atomic E-state index is 0.0706. The summed E-state index contributed by atoms with van der Waals surface area (Å²) in [7, 11) is 0. The molecule has 0 aromatic heterocycles. The third kappa shape index (κ3) is 3.98. The lowest BCUT2D eigenvalue weighted by atomic mass is 9.94. The molecule has 0 bridgehead atoms. The lowest BCUT2D eigenvalue weighted by Crippen LogP contribution is -2.31. The van der Waals surface area contributed by atoms with E-state index in [1.165, 1.54) is 0 Å². The van der Waals surface area contributed by atoms with Crippen LogP contribution in [0, 0.1) is 11.8 Å². The maximum absolute atomic E-state index is 11.8. The number of hydrogen-bond donors (Lipinski definition) is 1. The highest BCUT2D eigenvalue weighted by Gasteiger charge is 2.34. The molecule has 4 heteroatoms. The molecule has 1 aliphatic rings. The van der Waals surface area contributed by atoms with Gasteiger partial charge in [-0.3, -0.25) is 0 Å². The quantitative estimate of drug-likeness (QED) is 0.733. The highest BCUT2D eigenvalue weighted by Crippen LogP contribution is 2.39. The van der Waals surface area contributed by atoms with Crippen molar-refractivity contribution in [2.75, 3.05) is 0 Å². The van der Waals surface area contributed by atoms with Crippen LogP contribution in [-0.4, -0.2) is 12.2 Å². The summed E-state index contributed by atoms with van der Waals surface area (Å²) in [6, 6.07) is -0.283. The first-order valence-electron chi connectivity index (χ1n) is 4.72. The molecular weight excluding hydrogens is 179 g/mol. The van der Waals surface area contributed by atoms with E-state index in [0.29, 0.717) is 5.92 Å². The van der Waals surface area contributed by atoms with Crippen molar-refractivity contribution >= 4 is 0 Å². The molecule has 2 atom stereocenters. The molecule has 1 saturated carbocycles. The van der Waals surface area contributed by atoms with E-state index >= 15 is 0 Å². The number of alkyl halides is 3. The monoisotopic (exact) mass is 195 g/mol. The van der Waals surface area contributed by atoms with Gasteiger partial charge in [-0.1, -0.05) is 6.92 Å². The van der Waals surface area contributed by atoms with Crippen molar-refractivity contribution in [1.29, 1.82) is 0 Å². The summed E-state index contributed by atoms with van der Waals surface area (Å²) in [5.41, 5.74) is 5.67. The fourth-order valence-electron chi connectivity index (χ4n) is 1.56. The molecule has 13 heavy (non-hydrogen) atoms. The second-order valence-electron chi connectivity index (χ2n) is 4.01. The van der Waals surface area contributed by atoms with Crippen LogP contribution >= 0.6 is 0 Å². The fraction of sp³-hybridized carbons (Fsp3) is 1.00. The molecular formula is C9H16F3N. The largest absolute Gasteiger partial charge is 0.389 e. The van der Waals surface area contributed by atoms with Gasteiger partial charge in [-0.25, -0.2) is 0 Å². The van der Waals surface area contributed by atoms with E-state index in [9.17, 15) is 13.2 Å². The molecule has 0 aromatic rings. The highest BCUT2D eigenvalue weighted by atomic mass is 19.4. The Bertz CT molecular complexity index is 163. The molecule has 0 aromatic carbocycles. The van der Waals surface area contributed by atoms with Crippen molar-refractivity contribution < 1.29 is 13.2 Å². The Morgan fingerprint density at radius 1 is 1.38 bits per heavy atom. The molecule has 1 aliphatic carbocycles. The zero-order valence-electron chi connectivity index (χ0n) is 7.77. The topological polar surface area (TPSA) is 26.0 Å². The Labute approximate surface area is 76.5 Å². The first kappa shape index (κ1) is 10.8. The summed E-state index contributed by atoms with van der Waals surface area (Å²) in [6.07, 6.45) is -2.45. The third-order valence-corrected chi connectivity index (χ3v) is 2.80. The molecule has 2 N–H and O–H groups in total. The maximum Gasteiger partial charge on any atom is 0.389 e. The lowest BCUT2D eigenvalue weighted by molar-refractivity contribution is -0.136. The van der Waals surface area contributed by atoms with Crippen LogP contribution in [0.5, 0.6) is 0 Å². The second-order valence-corrected chi connectivity index (χ2v) is 4.01. The number of nitrogens with two attached hydrogens (primary N) is 1. The Morgan fingerprint density at radius 2 is 1.92 bits per heavy atom. The number of rotatable bonds is 4. The SMILES string of the molecule is CC(C(N)CCC(F)(F)F)C1CC1. The summed E-state index contributed by atoms with van der Waals surface area (Å²) >= 11 is 0. The van der Waals surface area contributed by atoms with Gasteiger partial charge in [-0.2, -0.15) is 13.2 Å². The first-order chi connectivity index (χ1) is 5.90. The van der Waals surface area contributed by atoms with Crippen molar-refractivity contribution in [3.63, 3.8) is 0 Å². The molecule has 1 rings (SSSR count). The van der Waals surface area contributed by atoms with Crippen LogP contribution in [0.1, 0.15) is 32.6 Å². The van der Waals surface area contributed by atoms with E-state index in [4.69, 9.17) is 5.73 Å². The molecule has 0 heterocycles. The Morgan fingerprint density at radius 3 is 2.31 bits per heavy atom.